The Morgan fingerprint density at radius 1 is 1.29 bits per heavy atom. The second kappa shape index (κ2) is 5.68. The van der Waals surface area contributed by atoms with Gasteiger partial charge in [0.25, 0.3) is 0 Å². The van der Waals surface area contributed by atoms with Crippen molar-refractivity contribution in [2.75, 3.05) is 27.2 Å². The molecule has 2 unspecified atom stereocenters. The van der Waals surface area contributed by atoms with Crippen molar-refractivity contribution in [1.29, 1.82) is 0 Å². The highest BCUT2D eigenvalue weighted by Crippen LogP contribution is 2.41. The van der Waals surface area contributed by atoms with Crippen molar-refractivity contribution in [2.24, 2.45) is 11.7 Å². The van der Waals surface area contributed by atoms with Crippen LogP contribution in [-0.2, 0) is 4.74 Å². The number of nitrogens with two attached hydrogens (primary N) is 1. The Morgan fingerprint density at radius 2 is 2.00 bits per heavy atom. The zero-order chi connectivity index (χ0) is 12.3. The molecule has 0 aromatic carbocycles. The summed E-state index contributed by atoms with van der Waals surface area (Å²) in [5, 5.41) is 0. The molecule has 0 aromatic heterocycles. The lowest BCUT2D eigenvalue weighted by atomic mass is 9.74. The summed E-state index contributed by atoms with van der Waals surface area (Å²) in [4.78, 5) is 2.20. The van der Waals surface area contributed by atoms with Crippen molar-refractivity contribution >= 4 is 0 Å². The third-order valence-corrected chi connectivity index (χ3v) is 4.48. The first-order chi connectivity index (χ1) is 8.11. The molecule has 2 rings (SSSR count). The molecule has 2 atom stereocenters. The van der Waals surface area contributed by atoms with Gasteiger partial charge >= 0.3 is 0 Å². The molecule has 0 amide bonds. The van der Waals surface area contributed by atoms with Crippen LogP contribution in [0.25, 0.3) is 0 Å². The SMILES string of the molecule is CN(C)CC(N)C1CCOC2(CCCCC2)C1. The van der Waals surface area contributed by atoms with Gasteiger partial charge in [-0.25, -0.2) is 0 Å². The van der Waals surface area contributed by atoms with Crippen LogP contribution in [0.2, 0.25) is 0 Å². The average molecular weight is 240 g/mol. The third kappa shape index (κ3) is 3.43. The summed E-state index contributed by atoms with van der Waals surface area (Å²) in [6.07, 6.45) is 8.94. The minimum Gasteiger partial charge on any atom is -0.375 e. The van der Waals surface area contributed by atoms with Crippen molar-refractivity contribution in [2.45, 2.75) is 56.6 Å². The minimum atomic E-state index is 0.200. The van der Waals surface area contributed by atoms with Gasteiger partial charge in [0.15, 0.2) is 0 Å². The van der Waals surface area contributed by atoms with Gasteiger partial charge in [-0.05, 0) is 45.7 Å². The number of hydrogen-bond acceptors (Lipinski definition) is 3. The largest absolute Gasteiger partial charge is 0.375 e. The van der Waals surface area contributed by atoms with Crippen LogP contribution >= 0.6 is 0 Å². The van der Waals surface area contributed by atoms with Gasteiger partial charge in [0, 0.05) is 19.2 Å². The summed E-state index contributed by atoms with van der Waals surface area (Å²) >= 11 is 0. The van der Waals surface area contributed by atoms with E-state index in [2.05, 4.69) is 19.0 Å². The van der Waals surface area contributed by atoms with Crippen molar-refractivity contribution in [3.05, 3.63) is 0 Å². The molecule has 1 saturated heterocycles. The van der Waals surface area contributed by atoms with Gasteiger partial charge in [-0.15, -0.1) is 0 Å². The maximum absolute atomic E-state index is 6.34. The van der Waals surface area contributed by atoms with E-state index in [1.165, 1.54) is 38.5 Å². The summed E-state index contributed by atoms with van der Waals surface area (Å²) in [7, 11) is 4.21. The molecule has 1 spiro atoms. The highest BCUT2D eigenvalue weighted by atomic mass is 16.5. The molecule has 2 aliphatic rings. The quantitative estimate of drug-likeness (QED) is 0.820. The molecule has 1 heterocycles. The first-order valence-corrected chi connectivity index (χ1v) is 7.16. The number of ether oxygens (including phenoxy) is 1. The van der Waals surface area contributed by atoms with Crippen LogP contribution in [0.1, 0.15) is 44.9 Å². The molecule has 1 aliphatic carbocycles. The Balaban J connectivity index is 1.91. The number of likely N-dealkylation sites (N-methyl/N-ethyl adjacent to an activating group) is 1. The van der Waals surface area contributed by atoms with Crippen molar-refractivity contribution in [3.63, 3.8) is 0 Å². The molecule has 0 bridgehead atoms. The summed E-state index contributed by atoms with van der Waals surface area (Å²) in [6.45, 7) is 1.92. The van der Waals surface area contributed by atoms with Crippen LogP contribution in [0.3, 0.4) is 0 Å². The first-order valence-electron chi connectivity index (χ1n) is 7.16. The molecule has 2 fully saturated rings. The Kier molecular flexibility index (Phi) is 4.45. The van der Waals surface area contributed by atoms with E-state index in [1.807, 2.05) is 0 Å². The fraction of sp³-hybridized carbons (Fsp3) is 1.00. The van der Waals surface area contributed by atoms with Gasteiger partial charge < -0.3 is 15.4 Å². The summed E-state index contributed by atoms with van der Waals surface area (Å²) < 4.78 is 6.12. The van der Waals surface area contributed by atoms with Crippen molar-refractivity contribution < 1.29 is 4.74 Å². The molecular weight excluding hydrogens is 212 g/mol. The molecule has 17 heavy (non-hydrogen) atoms. The topological polar surface area (TPSA) is 38.5 Å². The average Bonchev–Trinajstić information content (AvgIpc) is 2.29. The second-order valence-corrected chi connectivity index (χ2v) is 6.27. The van der Waals surface area contributed by atoms with Crippen LogP contribution in [-0.4, -0.2) is 43.8 Å². The normalized spacial score (nSPS) is 30.7. The zero-order valence-electron chi connectivity index (χ0n) is 11.5. The third-order valence-electron chi connectivity index (χ3n) is 4.48. The highest BCUT2D eigenvalue weighted by Gasteiger charge is 2.39. The van der Waals surface area contributed by atoms with E-state index in [0.29, 0.717) is 12.0 Å². The van der Waals surface area contributed by atoms with Gasteiger partial charge in [-0.3, -0.25) is 0 Å². The van der Waals surface area contributed by atoms with Crippen LogP contribution in [0.4, 0.5) is 0 Å². The van der Waals surface area contributed by atoms with Crippen LogP contribution in [0.15, 0.2) is 0 Å². The summed E-state index contributed by atoms with van der Waals surface area (Å²) in [5.74, 6) is 0.657. The van der Waals surface area contributed by atoms with Crippen LogP contribution in [0, 0.1) is 5.92 Å². The number of nitrogens with zero attached hydrogens (tertiary/aromatic N) is 1. The predicted molar refractivity (Wildman–Crippen MR) is 71.0 cm³/mol. The molecular formula is C14H28N2O. The lowest BCUT2D eigenvalue weighted by Crippen LogP contribution is -2.49. The maximum Gasteiger partial charge on any atom is 0.0685 e. The highest BCUT2D eigenvalue weighted by molar-refractivity contribution is 4.92. The lowest BCUT2D eigenvalue weighted by molar-refractivity contribution is -0.120. The molecule has 3 nitrogen and oxygen atoms in total. The van der Waals surface area contributed by atoms with E-state index in [4.69, 9.17) is 10.5 Å². The van der Waals surface area contributed by atoms with Crippen molar-refractivity contribution in [1.82, 2.24) is 4.90 Å². The van der Waals surface area contributed by atoms with Gasteiger partial charge in [-0.1, -0.05) is 19.3 Å². The molecule has 100 valence electrons. The number of rotatable bonds is 3. The monoisotopic (exact) mass is 240 g/mol. The molecule has 0 radical (unpaired) electrons. The standard InChI is InChI=1S/C14H28N2O/c1-16(2)11-13(15)12-6-9-17-14(10-12)7-4-3-5-8-14/h12-13H,3-11,15H2,1-2H3. The predicted octanol–water partition coefficient (Wildman–Crippen LogP) is 2.00. The molecule has 0 aromatic rings. The van der Waals surface area contributed by atoms with Crippen molar-refractivity contribution in [3.8, 4) is 0 Å². The van der Waals surface area contributed by atoms with Gasteiger partial charge in [-0.2, -0.15) is 0 Å². The summed E-state index contributed by atoms with van der Waals surface area (Å²) in [6, 6.07) is 0.313. The van der Waals surface area contributed by atoms with E-state index in [1.54, 1.807) is 0 Å². The molecule has 2 N–H and O–H groups in total. The van der Waals surface area contributed by atoms with E-state index in [0.717, 1.165) is 19.6 Å². The smallest absolute Gasteiger partial charge is 0.0685 e. The van der Waals surface area contributed by atoms with E-state index in [-0.39, 0.29) is 5.60 Å². The van der Waals surface area contributed by atoms with Gasteiger partial charge in [0.1, 0.15) is 0 Å². The minimum absolute atomic E-state index is 0.200. The number of hydrogen-bond donors (Lipinski definition) is 1. The fourth-order valence-electron chi connectivity index (χ4n) is 3.55. The van der Waals surface area contributed by atoms with E-state index >= 15 is 0 Å². The van der Waals surface area contributed by atoms with E-state index in [9.17, 15) is 0 Å². The molecule has 1 aliphatic heterocycles. The Labute approximate surface area is 106 Å². The van der Waals surface area contributed by atoms with Gasteiger partial charge in [0.2, 0.25) is 0 Å². The Hall–Kier alpha value is -0.120. The Bertz CT molecular complexity index is 231. The van der Waals surface area contributed by atoms with Crippen LogP contribution < -0.4 is 5.73 Å². The molecule has 1 saturated carbocycles. The second-order valence-electron chi connectivity index (χ2n) is 6.27. The zero-order valence-corrected chi connectivity index (χ0v) is 11.5. The van der Waals surface area contributed by atoms with Crippen LogP contribution in [0.5, 0.6) is 0 Å². The van der Waals surface area contributed by atoms with Gasteiger partial charge in [0.05, 0.1) is 5.60 Å². The maximum atomic E-state index is 6.34. The van der Waals surface area contributed by atoms with E-state index < -0.39 is 0 Å². The lowest BCUT2D eigenvalue weighted by Gasteiger charge is -2.45. The Morgan fingerprint density at radius 3 is 2.65 bits per heavy atom. The fourth-order valence-corrected chi connectivity index (χ4v) is 3.55. The summed E-state index contributed by atoms with van der Waals surface area (Å²) in [5.41, 5.74) is 6.54. The molecule has 3 heteroatoms. The first kappa shape index (κ1) is 13.3.